The maximum atomic E-state index is 5.94. The van der Waals surface area contributed by atoms with Crippen LogP contribution in [-0.2, 0) is 0 Å². The van der Waals surface area contributed by atoms with Gasteiger partial charge in [-0.2, -0.15) is 0 Å². The Morgan fingerprint density at radius 1 is 1.05 bits per heavy atom. The molecule has 0 bridgehead atoms. The van der Waals surface area contributed by atoms with Gasteiger partial charge in [-0.15, -0.1) is 0 Å². The molecule has 0 aliphatic rings. The van der Waals surface area contributed by atoms with E-state index in [0.717, 1.165) is 16.5 Å². The van der Waals surface area contributed by atoms with Crippen molar-refractivity contribution < 1.29 is 4.74 Å². The number of hydrogen-bond donors (Lipinski definition) is 1. The van der Waals surface area contributed by atoms with Crippen LogP contribution in [0.4, 0.5) is 5.69 Å². The second-order valence-electron chi connectivity index (χ2n) is 4.31. The first kappa shape index (κ1) is 11.5. The van der Waals surface area contributed by atoms with E-state index in [1.165, 1.54) is 0 Å². The Morgan fingerprint density at radius 3 is 2.84 bits per heavy atom. The number of hydrogen-bond acceptors (Lipinski definition) is 4. The Balaban J connectivity index is 1.99. The summed E-state index contributed by atoms with van der Waals surface area (Å²) in [6, 6.07) is 11.5. The first-order chi connectivity index (χ1) is 9.24. The van der Waals surface area contributed by atoms with Crippen molar-refractivity contribution in [2.24, 2.45) is 0 Å². The Hall–Kier alpha value is -2.62. The standard InChI is InChI=1S/C15H13N3O/c1-10-6-8-18-15(14(10)16)19-12-5-4-11-3-2-7-17-13(11)9-12/h2-9H,16H2,1H3. The fourth-order valence-corrected chi connectivity index (χ4v) is 1.85. The third kappa shape index (κ3) is 2.20. The summed E-state index contributed by atoms with van der Waals surface area (Å²) in [5, 5.41) is 1.07. The SMILES string of the molecule is Cc1ccnc(Oc2ccc3cccnc3c2)c1N. The van der Waals surface area contributed by atoms with Crippen molar-refractivity contribution in [1.29, 1.82) is 0 Å². The highest BCUT2D eigenvalue weighted by Crippen LogP contribution is 2.28. The van der Waals surface area contributed by atoms with E-state index in [1.54, 1.807) is 12.4 Å². The van der Waals surface area contributed by atoms with E-state index in [0.29, 0.717) is 17.3 Å². The Morgan fingerprint density at radius 2 is 1.95 bits per heavy atom. The van der Waals surface area contributed by atoms with Crippen molar-refractivity contribution in [2.45, 2.75) is 6.92 Å². The molecule has 4 heteroatoms. The fourth-order valence-electron chi connectivity index (χ4n) is 1.85. The lowest BCUT2D eigenvalue weighted by molar-refractivity contribution is 0.466. The first-order valence-corrected chi connectivity index (χ1v) is 5.98. The van der Waals surface area contributed by atoms with Crippen LogP contribution in [0.5, 0.6) is 11.6 Å². The predicted molar refractivity (Wildman–Crippen MR) is 75.2 cm³/mol. The molecule has 0 spiro atoms. The summed E-state index contributed by atoms with van der Waals surface area (Å²) < 4.78 is 5.72. The van der Waals surface area contributed by atoms with Crippen molar-refractivity contribution in [2.75, 3.05) is 5.73 Å². The van der Waals surface area contributed by atoms with Crippen LogP contribution in [0.25, 0.3) is 10.9 Å². The molecule has 19 heavy (non-hydrogen) atoms. The summed E-state index contributed by atoms with van der Waals surface area (Å²) in [5.74, 6) is 1.10. The molecule has 3 rings (SSSR count). The molecule has 1 aromatic carbocycles. The van der Waals surface area contributed by atoms with Gasteiger partial charge in [-0.1, -0.05) is 6.07 Å². The van der Waals surface area contributed by atoms with E-state index >= 15 is 0 Å². The average Bonchev–Trinajstić information content (AvgIpc) is 2.44. The molecular weight excluding hydrogens is 238 g/mol. The van der Waals surface area contributed by atoms with Gasteiger partial charge in [-0.25, -0.2) is 4.98 Å². The number of ether oxygens (including phenoxy) is 1. The van der Waals surface area contributed by atoms with Crippen molar-refractivity contribution in [3.8, 4) is 11.6 Å². The van der Waals surface area contributed by atoms with Gasteiger partial charge in [0.25, 0.3) is 0 Å². The largest absolute Gasteiger partial charge is 0.437 e. The molecule has 3 aromatic rings. The Bertz CT molecular complexity index is 740. The highest BCUT2D eigenvalue weighted by atomic mass is 16.5. The average molecular weight is 251 g/mol. The lowest BCUT2D eigenvalue weighted by atomic mass is 10.2. The molecule has 0 amide bonds. The van der Waals surface area contributed by atoms with Crippen LogP contribution in [0, 0.1) is 6.92 Å². The molecule has 0 atom stereocenters. The van der Waals surface area contributed by atoms with Gasteiger partial charge in [0, 0.05) is 23.8 Å². The Labute approximate surface area is 110 Å². The van der Waals surface area contributed by atoms with E-state index in [-0.39, 0.29) is 0 Å². The number of anilines is 1. The molecule has 0 aliphatic heterocycles. The van der Waals surface area contributed by atoms with Crippen LogP contribution in [0.3, 0.4) is 0 Å². The number of fused-ring (bicyclic) bond motifs is 1. The zero-order valence-corrected chi connectivity index (χ0v) is 10.5. The molecule has 0 radical (unpaired) electrons. The molecule has 94 valence electrons. The van der Waals surface area contributed by atoms with Gasteiger partial charge in [0.2, 0.25) is 5.88 Å². The topological polar surface area (TPSA) is 61.0 Å². The number of nitrogen functional groups attached to an aromatic ring is 1. The van der Waals surface area contributed by atoms with E-state index in [9.17, 15) is 0 Å². The molecule has 2 N–H and O–H groups in total. The highest BCUT2D eigenvalue weighted by Gasteiger charge is 2.06. The number of nitrogens with zero attached hydrogens (tertiary/aromatic N) is 2. The third-order valence-corrected chi connectivity index (χ3v) is 2.96. The quantitative estimate of drug-likeness (QED) is 0.759. The Kier molecular flexibility index (Phi) is 2.76. The van der Waals surface area contributed by atoms with Crippen molar-refractivity contribution in [3.63, 3.8) is 0 Å². The fraction of sp³-hybridized carbons (Fsp3) is 0.0667. The molecule has 4 nitrogen and oxygen atoms in total. The number of aryl methyl sites for hydroxylation is 1. The van der Waals surface area contributed by atoms with Crippen LogP contribution < -0.4 is 10.5 Å². The number of pyridine rings is 2. The van der Waals surface area contributed by atoms with Crippen LogP contribution in [-0.4, -0.2) is 9.97 Å². The van der Waals surface area contributed by atoms with Crippen molar-refractivity contribution in [1.82, 2.24) is 9.97 Å². The van der Waals surface area contributed by atoms with E-state index in [4.69, 9.17) is 10.5 Å². The van der Waals surface area contributed by atoms with Gasteiger partial charge in [-0.05, 0) is 36.8 Å². The van der Waals surface area contributed by atoms with Gasteiger partial charge in [0.1, 0.15) is 5.75 Å². The molecule has 2 heterocycles. The minimum absolute atomic E-state index is 0.426. The highest BCUT2D eigenvalue weighted by molar-refractivity contribution is 5.79. The second-order valence-corrected chi connectivity index (χ2v) is 4.31. The molecular formula is C15H13N3O. The molecule has 0 aliphatic carbocycles. The van der Waals surface area contributed by atoms with Crippen molar-refractivity contribution >= 4 is 16.6 Å². The van der Waals surface area contributed by atoms with E-state index < -0.39 is 0 Å². The number of nitrogens with two attached hydrogens (primary N) is 1. The minimum atomic E-state index is 0.426. The molecule has 0 fully saturated rings. The lowest BCUT2D eigenvalue weighted by Crippen LogP contribution is -1.97. The summed E-state index contributed by atoms with van der Waals surface area (Å²) in [5.41, 5.74) is 8.33. The van der Waals surface area contributed by atoms with E-state index in [2.05, 4.69) is 9.97 Å². The predicted octanol–water partition coefficient (Wildman–Crippen LogP) is 3.31. The molecule has 0 unspecified atom stereocenters. The maximum absolute atomic E-state index is 5.94. The lowest BCUT2D eigenvalue weighted by Gasteiger charge is -2.09. The van der Waals surface area contributed by atoms with Gasteiger partial charge >= 0.3 is 0 Å². The van der Waals surface area contributed by atoms with Gasteiger partial charge < -0.3 is 10.5 Å². The summed E-state index contributed by atoms with van der Waals surface area (Å²) in [7, 11) is 0. The molecule has 0 saturated heterocycles. The maximum Gasteiger partial charge on any atom is 0.242 e. The number of benzene rings is 1. The molecule has 2 aromatic heterocycles. The third-order valence-electron chi connectivity index (χ3n) is 2.96. The van der Waals surface area contributed by atoms with E-state index in [1.807, 2.05) is 43.3 Å². The normalized spacial score (nSPS) is 10.6. The van der Waals surface area contributed by atoms with Crippen LogP contribution >= 0.6 is 0 Å². The zero-order valence-electron chi connectivity index (χ0n) is 10.5. The van der Waals surface area contributed by atoms with Crippen molar-refractivity contribution in [3.05, 3.63) is 54.4 Å². The van der Waals surface area contributed by atoms with Crippen LogP contribution in [0.15, 0.2) is 48.8 Å². The summed E-state index contributed by atoms with van der Waals surface area (Å²) in [6.07, 6.45) is 3.44. The number of rotatable bonds is 2. The monoisotopic (exact) mass is 251 g/mol. The molecule has 0 saturated carbocycles. The van der Waals surface area contributed by atoms with Gasteiger partial charge in [-0.3, -0.25) is 4.98 Å². The summed E-state index contributed by atoms with van der Waals surface area (Å²) in [6.45, 7) is 1.92. The zero-order chi connectivity index (χ0) is 13.2. The smallest absolute Gasteiger partial charge is 0.242 e. The van der Waals surface area contributed by atoms with Crippen LogP contribution in [0.1, 0.15) is 5.56 Å². The van der Waals surface area contributed by atoms with Gasteiger partial charge in [0.05, 0.1) is 11.2 Å². The van der Waals surface area contributed by atoms with Gasteiger partial charge in [0.15, 0.2) is 0 Å². The summed E-state index contributed by atoms with van der Waals surface area (Å²) >= 11 is 0. The number of aromatic nitrogens is 2. The first-order valence-electron chi connectivity index (χ1n) is 5.98. The second kappa shape index (κ2) is 4.57. The minimum Gasteiger partial charge on any atom is -0.437 e. The summed E-state index contributed by atoms with van der Waals surface area (Å²) in [4.78, 5) is 8.44. The van der Waals surface area contributed by atoms with Crippen LogP contribution in [0.2, 0.25) is 0 Å².